The van der Waals surface area contributed by atoms with Crippen LogP contribution in [0.2, 0.25) is 0 Å². The van der Waals surface area contributed by atoms with Crippen molar-refractivity contribution in [2.75, 3.05) is 0 Å². The van der Waals surface area contributed by atoms with Crippen LogP contribution in [-0.4, -0.2) is 0 Å². The highest BCUT2D eigenvalue weighted by atomic mass is 35.5. The highest BCUT2D eigenvalue weighted by Crippen LogP contribution is 2.31. The highest BCUT2D eigenvalue weighted by Gasteiger charge is 2.21. The van der Waals surface area contributed by atoms with Crippen molar-refractivity contribution in [1.29, 1.82) is 5.26 Å². The summed E-state index contributed by atoms with van der Waals surface area (Å²) in [6.45, 7) is 3.83. The summed E-state index contributed by atoms with van der Waals surface area (Å²) in [5.74, 6) is 0. The molecule has 0 aliphatic heterocycles. The molecule has 19 heavy (non-hydrogen) atoms. The van der Waals surface area contributed by atoms with Crippen LogP contribution in [-0.2, 0) is 5.41 Å². The predicted molar refractivity (Wildman–Crippen MR) is 79.2 cm³/mol. The van der Waals surface area contributed by atoms with Gasteiger partial charge in [-0.05, 0) is 30.5 Å². The third kappa shape index (κ3) is 2.97. The maximum absolute atomic E-state index is 9.21. The van der Waals surface area contributed by atoms with Gasteiger partial charge in [-0.25, -0.2) is 0 Å². The molecular formula is C17H16ClN. The first-order chi connectivity index (χ1) is 9.04. The summed E-state index contributed by atoms with van der Waals surface area (Å²) < 4.78 is 0. The lowest BCUT2D eigenvalue weighted by atomic mass is 9.85. The van der Waals surface area contributed by atoms with E-state index >= 15 is 0 Å². The van der Waals surface area contributed by atoms with E-state index in [1.807, 2.05) is 68.4 Å². The Hall–Kier alpha value is -1.78. The molecule has 0 bridgehead atoms. The topological polar surface area (TPSA) is 23.8 Å². The number of alkyl halides is 1. The van der Waals surface area contributed by atoms with Crippen molar-refractivity contribution in [2.24, 2.45) is 0 Å². The molecule has 1 atom stereocenters. The zero-order chi connectivity index (χ0) is 13.9. The van der Waals surface area contributed by atoms with Crippen molar-refractivity contribution in [2.45, 2.75) is 24.6 Å². The molecule has 2 rings (SSSR count). The minimum atomic E-state index is -0.497. The highest BCUT2D eigenvalue weighted by molar-refractivity contribution is 6.22. The Morgan fingerprint density at radius 2 is 1.63 bits per heavy atom. The second-order valence-corrected chi connectivity index (χ2v) is 5.57. The predicted octanol–water partition coefficient (Wildman–Crippen LogP) is 4.82. The van der Waals surface area contributed by atoms with Crippen LogP contribution in [0.15, 0.2) is 54.6 Å². The van der Waals surface area contributed by atoms with Gasteiger partial charge in [0.15, 0.2) is 0 Å². The molecule has 0 aliphatic carbocycles. The van der Waals surface area contributed by atoms with Gasteiger partial charge in [0.25, 0.3) is 0 Å². The largest absolute Gasteiger partial charge is 0.197 e. The summed E-state index contributed by atoms with van der Waals surface area (Å²) in [7, 11) is 0. The standard InChI is InChI=1S/C17H16ClN/c1-17(2,12-19)15-10-6-9-14(11-15)16(18)13-7-4-3-5-8-13/h3-11,16H,1-2H3. The van der Waals surface area contributed by atoms with Gasteiger partial charge in [-0.2, -0.15) is 5.26 Å². The number of hydrogen-bond donors (Lipinski definition) is 0. The molecule has 0 N–H and O–H groups in total. The van der Waals surface area contributed by atoms with E-state index in [-0.39, 0.29) is 5.38 Å². The molecular weight excluding hydrogens is 254 g/mol. The summed E-state index contributed by atoms with van der Waals surface area (Å²) >= 11 is 6.51. The third-order valence-corrected chi connectivity index (χ3v) is 3.78. The van der Waals surface area contributed by atoms with Crippen LogP contribution in [0.25, 0.3) is 0 Å². The normalized spacial score (nSPS) is 12.7. The van der Waals surface area contributed by atoms with Crippen molar-refractivity contribution in [3.63, 3.8) is 0 Å². The number of hydrogen-bond acceptors (Lipinski definition) is 1. The number of nitriles is 1. The van der Waals surface area contributed by atoms with Gasteiger partial charge in [0, 0.05) is 0 Å². The van der Waals surface area contributed by atoms with E-state index in [2.05, 4.69) is 6.07 Å². The minimum absolute atomic E-state index is 0.185. The molecule has 0 amide bonds. The summed E-state index contributed by atoms with van der Waals surface area (Å²) in [4.78, 5) is 0. The van der Waals surface area contributed by atoms with Crippen molar-refractivity contribution in [1.82, 2.24) is 0 Å². The lowest BCUT2D eigenvalue weighted by Gasteiger charge is -2.18. The Labute approximate surface area is 119 Å². The quantitative estimate of drug-likeness (QED) is 0.733. The summed E-state index contributed by atoms with van der Waals surface area (Å²) in [5.41, 5.74) is 2.59. The lowest BCUT2D eigenvalue weighted by Crippen LogP contribution is -2.14. The molecule has 0 fully saturated rings. The molecule has 2 aromatic rings. The molecule has 96 valence electrons. The molecule has 0 heterocycles. The first kappa shape index (κ1) is 13.6. The van der Waals surface area contributed by atoms with Crippen LogP contribution in [0.4, 0.5) is 0 Å². The van der Waals surface area contributed by atoms with E-state index in [4.69, 9.17) is 11.6 Å². The van der Waals surface area contributed by atoms with E-state index in [9.17, 15) is 5.26 Å². The van der Waals surface area contributed by atoms with Gasteiger partial charge < -0.3 is 0 Å². The molecule has 1 unspecified atom stereocenters. The van der Waals surface area contributed by atoms with Crippen molar-refractivity contribution in [3.05, 3.63) is 71.3 Å². The summed E-state index contributed by atoms with van der Waals surface area (Å²) in [6, 6.07) is 20.2. The second kappa shape index (κ2) is 5.47. The molecule has 0 spiro atoms. The number of rotatable bonds is 3. The fourth-order valence-electron chi connectivity index (χ4n) is 1.96. The Balaban J connectivity index is 2.37. The van der Waals surface area contributed by atoms with Gasteiger partial charge in [-0.15, -0.1) is 11.6 Å². The van der Waals surface area contributed by atoms with Crippen LogP contribution in [0.5, 0.6) is 0 Å². The molecule has 0 radical (unpaired) electrons. The van der Waals surface area contributed by atoms with Crippen LogP contribution >= 0.6 is 11.6 Å². The van der Waals surface area contributed by atoms with Gasteiger partial charge in [-0.3, -0.25) is 0 Å². The van der Waals surface area contributed by atoms with Gasteiger partial charge >= 0.3 is 0 Å². The smallest absolute Gasteiger partial charge is 0.0835 e. The first-order valence-electron chi connectivity index (χ1n) is 6.25. The van der Waals surface area contributed by atoms with E-state index in [0.29, 0.717) is 0 Å². The number of nitrogens with zero attached hydrogens (tertiary/aromatic N) is 1. The average molecular weight is 270 g/mol. The van der Waals surface area contributed by atoms with Gasteiger partial charge in [0.1, 0.15) is 0 Å². The molecule has 1 nitrogen and oxygen atoms in total. The van der Waals surface area contributed by atoms with Crippen molar-refractivity contribution in [3.8, 4) is 6.07 Å². The van der Waals surface area contributed by atoms with Gasteiger partial charge in [-0.1, -0.05) is 54.6 Å². The first-order valence-corrected chi connectivity index (χ1v) is 6.69. The van der Waals surface area contributed by atoms with Gasteiger partial charge in [0.05, 0.1) is 16.9 Å². The molecule has 2 heteroatoms. The fraction of sp³-hybridized carbons (Fsp3) is 0.235. The Kier molecular flexibility index (Phi) is 3.93. The van der Waals surface area contributed by atoms with Crippen LogP contribution in [0.1, 0.15) is 35.9 Å². The maximum atomic E-state index is 9.21. The SMILES string of the molecule is CC(C)(C#N)c1cccc(C(Cl)c2ccccc2)c1. The maximum Gasteiger partial charge on any atom is 0.0835 e. The molecule has 0 aromatic heterocycles. The van der Waals surface area contributed by atoms with Gasteiger partial charge in [0.2, 0.25) is 0 Å². The fourth-order valence-corrected chi connectivity index (χ4v) is 2.25. The van der Waals surface area contributed by atoms with Crippen LogP contribution in [0.3, 0.4) is 0 Å². The summed E-state index contributed by atoms with van der Waals surface area (Å²) in [5, 5.41) is 9.03. The van der Waals surface area contributed by atoms with Crippen molar-refractivity contribution >= 4 is 11.6 Å². The van der Waals surface area contributed by atoms with E-state index < -0.39 is 5.41 Å². The van der Waals surface area contributed by atoms with Crippen LogP contribution < -0.4 is 0 Å². The Morgan fingerprint density at radius 1 is 1.00 bits per heavy atom. The zero-order valence-corrected chi connectivity index (χ0v) is 11.9. The monoisotopic (exact) mass is 269 g/mol. The van der Waals surface area contributed by atoms with E-state index in [1.165, 1.54) is 0 Å². The lowest BCUT2D eigenvalue weighted by molar-refractivity contribution is 0.685. The van der Waals surface area contributed by atoms with Crippen LogP contribution in [0, 0.1) is 11.3 Å². The number of halogens is 1. The Morgan fingerprint density at radius 3 is 2.26 bits per heavy atom. The Bertz CT molecular complexity index is 596. The second-order valence-electron chi connectivity index (χ2n) is 5.14. The third-order valence-electron chi connectivity index (χ3n) is 3.27. The average Bonchev–Trinajstić information content (AvgIpc) is 2.47. The van der Waals surface area contributed by atoms with E-state index in [1.54, 1.807) is 0 Å². The summed E-state index contributed by atoms with van der Waals surface area (Å²) in [6.07, 6.45) is 0. The molecule has 2 aromatic carbocycles. The zero-order valence-electron chi connectivity index (χ0n) is 11.1. The molecule has 0 aliphatic rings. The minimum Gasteiger partial charge on any atom is -0.197 e. The molecule has 0 saturated heterocycles. The van der Waals surface area contributed by atoms with Crippen molar-refractivity contribution < 1.29 is 0 Å². The molecule has 0 saturated carbocycles. The van der Waals surface area contributed by atoms with E-state index in [0.717, 1.165) is 16.7 Å². The number of benzene rings is 2.